The van der Waals surface area contributed by atoms with Crippen LogP contribution in [0.25, 0.3) is 0 Å². The van der Waals surface area contributed by atoms with E-state index in [9.17, 15) is 36.9 Å². The van der Waals surface area contributed by atoms with Crippen LogP contribution < -0.4 is 4.74 Å². The highest BCUT2D eigenvalue weighted by Crippen LogP contribution is 2.38. The quantitative estimate of drug-likeness (QED) is 0.368. The number of rotatable bonds is 4. The first kappa shape index (κ1) is 14.7. The number of nitro groups is 1. The van der Waals surface area contributed by atoms with Gasteiger partial charge in [-0.2, -0.15) is 0 Å². The van der Waals surface area contributed by atoms with Gasteiger partial charge in [0.15, 0.2) is 11.8 Å². The summed E-state index contributed by atoms with van der Waals surface area (Å²) in [4.78, 5) is 22.5. The van der Waals surface area contributed by atoms with Gasteiger partial charge in [0.1, 0.15) is 5.56 Å². The SMILES string of the molecule is O=Cc1cnc(OC(F)(F)F)c(C(F)F)c1[N+](=O)[O-]. The molecule has 1 aromatic rings. The van der Waals surface area contributed by atoms with Crippen LogP contribution in [-0.2, 0) is 0 Å². The van der Waals surface area contributed by atoms with Crippen LogP contribution in [0, 0.1) is 10.1 Å². The predicted octanol–water partition coefficient (Wildman–Crippen LogP) is 2.64. The number of aldehydes is 1. The average molecular weight is 286 g/mol. The Kier molecular flexibility index (Phi) is 3.97. The fourth-order valence-corrected chi connectivity index (χ4v) is 1.19. The van der Waals surface area contributed by atoms with Crippen molar-refractivity contribution in [3.8, 4) is 5.88 Å². The monoisotopic (exact) mass is 286 g/mol. The zero-order valence-electron chi connectivity index (χ0n) is 8.65. The fraction of sp³-hybridized carbons (Fsp3) is 0.250. The molecule has 0 saturated carbocycles. The number of alkyl halides is 5. The Labute approximate surface area is 101 Å². The first-order valence-corrected chi connectivity index (χ1v) is 4.33. The van der Waals surface area contributed by atoms with E-state index >= 15 is 0 Å². The molecule has 0 aliphatic heterocycles. The summed E-state index contributed by atoms with van der Waals surface area (Å²) in [6.07, 6.45) is -8.86. The van der Waals surface area contributed by atoms with Gasteiger partial charge in [-0.15, -0.1) is 13.2 Å². The first-order valence-electron chi connectivity index (χ1n) is 4.33. The van der Waals surface area contributed by atoms with Crippen molar-refractivity contribution < 1.29 is 36.4 Å². The second-order valence-electron chi connectivity index (χ2n) is 3.00. The summed E-state index contributed by atoms with van der Waals surface area (Å²) in [6.45, 7) is 0. The molecule has 0 spiro atoms. The summed E-state index contributed by atoms with van der Waals surface area (Å²) in [5.41, 5.74) is -4.05. The number of ether oxygens (including phenoxy) is 1. The van der Waals surface area contributed by atoms with Crippen LogP contribution in [0.2, 0.25) is 0 Å². The lowest BCUT2D eigenvalue weighted by Crippen LogP contribution is -2.20. The third-order valence-electron chi connectivity index (χ3n) is 1.82. The summed E-state index contributed by atoms with van der Waals surface area (Å²) in [6, 6.07) is 0. The van der Waals surface area contributed by atoms with Crippen LogP contribution in [0.5, 0.6) is 5.88 Å². The smallest absolute Gasteiger partial charge is 0.387 e. The Morgan fingerprint density at radius 2 is 2.00 bits per heavy atom. The van der Waals surface area contributed by atoms with Gasteiger partial charge in [-0.1, -0.05) is 0 Å². The molecule has 0 N–H and O–H groups in total. The van der Waals surface area contributed by atoms with Crippen molar-refractivity contribution in [2.24, 2.45) is 0 Å². The molecule has 0 amide bonds. The molecule has 1 rings (SSSR count). The van der Waals surface area contributed by atoms with Crippen LogP contribution in [0.1, 0.15) is 22.3 Å². The van der Waals surface area contributed by atoms with Gasteiger partial charge in [0, 0.05) is 6.20 Å². The summed E-state index contributed by atoms with van der Waals surface area (Å²) < 4.78 is 64.3. The molecule has 104 valence electrons. The minimum atomic E-state index is -5.35. The van der Waals surface area contributed by atoms with E-state index in [1.54, 1.807) is 0 Å². The number of nitrogens with zero attached hydrogens (tertiary/aromatic N) is 2. The van der Waals surface area contributed by atoms with Crippen molar-refractivity contribution in [3.63, 3.8) is 0 Å². The summed E-state index contributed by atoms with van der Waals surface area (Å²) >= 11 is 0. The van der Waals surface area contributed by atoms with Gasteiger partial charge in [-0.3, -0.25) is 14.9 Å². The van der Waals surface area contributed by atoms with Crippen LogP contribution in [0.15, 0.2) is 6.20 Å². The normalized spacial score (nSPS) is 11.5. The van der Waals surface area contributed by atoms with Crippen molar-refractivity contribution in [2.75, 3.05) is 0 Å². The van der Waals surface area contributed by atoms with Crippen molar-refractivity contribution in [1.82, 2.24) is 4.98 Å². The number of hydrogen-bond acceptors (Lipinski definition) is 5. The molecular formula is C8H3F5N2O4. The van der Waals surface area contributed by atoms with Gasteiger partial charge >= 0.3 is 6.36 Å². The lowest BCUT2D eigenvalue weighted by atomic mass is 10.1. The largest absolute Gasteiger partial charge is 0.574 e. The zero-order chi connectivity index (χ0) is 14.8. The molecule has 11 heteroatoms. The predicted molar refractivity (Wildman–Crippen MR) is 47.9 cm³/mol. The number of hydrogen-bond donors (Lipinski definition) is 0. The minimum absolute atomic E-state index is 0.172. The molecule has 0 unspecified atom stereocenters. The Bertz CT molecular complexity index is 517. The van der Waals surface area contributed by atoms with Gasteiger partial charge in [-0.05, 0) is 0 Å². The van der Waals surface area contributed by atoms with E-state index in [4.69, 9.17) is 0 Å². The van der Waals surface area contributed by atoms with Gasteiger partial charge in [0.25, 0.3) is 12.1 Å². The molecule has 0 aromatic carbocycles. The summed E-state index contributed by atoms with van der Waals surface area (Å²) in [7, 11) is 0. The third kappa shape index (κ3) is 3.33. The molecule has 0 bridgehead atoms. The van der Waals surface area contributed by atoms with E-state index in [1.165, 1.54) is 0 Å². The standard InChI is InChI=1S/C8H3F5N2O4/c9-6(10)4-5(15(17)18)3(2-16)1-14-7(4)19-8(11,12)13/h1-2,6H. The van der Waals surface area contributed by atoms with Crippen LogP contribution in [0.3, 0.4) is 0 Å². The van der Waals surface area contributed by atoms with Gasteiger partial charge in [0.05, 0.1) is 4.92 Å². The second kappa shape index (κ2) is 5.12. The lowest BCUT2D eigenvalue weighted by molar-refractivity contribution is -0.386. The molecule has 6 nitrogen and oxygen atoms in total. The highest BCUT2D eigenvalue weighted by molar-refractivity contribution is 5.82. The maximum atomic E-state index is 12.6. The van der Waals surface area contributed by atoms with Crippen molar-refractivity contribution in [2.45, 2.75) is 12.8 Å². The summed E-state index contributed by atoms with van der Waals surface area (Å²) in [5.74, 6) is -1.67. The van der Waals surface area contributed by atoms with E-state index in [1.807, 2.05) is 0 Å². The maximum absolute atomic E-state index is 12.6. The molecule has 0 radical (unpaired) electrons. The topological polar surface area (TPSA) is 82.3 Å². The molecule has 0 aliphatic carbocycles. The minimum Gasteiger partial charge on any atom is -0.387 e. The summed E-state index contributed by atoms with van der Waals surface area (Å²) in [5, 5.41) is 10.6. The molecule has 1 heterocycles. The Morgan fingerprint density at radius 3 is 2.37 bits per heavy atom. The van der Waals surface area contributed by atoms with Gasteiger partial charge in [0.2, 0.25) is 5.88 Å². The zero-order valence-corrected chi connectivity index (χ0v) is 8.65. The van der Waals surface area contributed by atoms with Crippen molar-refractivity contribution >= 4 is 12.0 Å². The van der Waals surface area contributed by atoms with Crippen LogP contribution in [-0.4, -0.2) is 22.6 Å². The molecule has 0 aliphatic rings. The molecular weight excluding hydrogens is 283 g/mol. The average Bonchev–Trinajstić information content (AvgIpc) is 2.25. The fourth-order valence-electron chi connectivity index (χ4n) is 1.19. The number of pyridine rings is 1. The Hall–Kier alpha value is -2.33. The molecule has 0 atom stereocenters. The van der Waals surface area contributed by atoms with Gasteiger partial charge in [-0.25, -0.2) is 13.8 Å². The van der Waals surface area contributed by atoms with E-state index in [2.05, 4.69) is 9.72 Å². The van der Waals surface area contributed by atoms with Gasteiger partial charge < -0.3 is 4.74 Å². The molecule has 19 heavy (non-hydrogen) atoms. The Balaban J connectivity index is 3.54. The second-order valence-corrected chi connectivity index (χ2v) is 3.00. The van der Waals surface area contributed by atoms with E-state index < -0.39 is 40.4 Å². The third-order valence-corrected chi connectivity index (χ3v) is 1.82. The number of carbonyl (C=O) groups excluding carboxylic acids is 1. The Morgan fingerprint density at radius 1 is 1.42 bits per heavy atom. The van der Waals surface area contributed by atoms with E-state index in [0.717, 1.165) is 0 Å². The molecule has 0 fully saturated rings. The van der Waals surface area contributed by atoms with Crippen molar-refractivity contribution in [1.29, 1.82) is 0 Å². The number of carbonyl (C=O) groups is 1. The highest BCUT2D eigenvalue weighted by Gasteiger charge is 2.38. The molecule has 1 aromatic heterocycles. The number of halogens is 5. The van der Waals surface area contributed by atoms with Crippen LogP contribution in [0.4, 0.5) is 27.6 Å². The number of aromatic nitrogens is 1. The lowest BCUT2D eigenvalue weighted by Gasteiger charge is -2.12. The first-order chi connectivity index (χ1) is 8.67. The van der Waals surface area contributed by atoms with Crippen molar-refractivity contribution in [3.05, 3.63) is 27.4 Å². The maximum Gasteiger partial charge on any atom is 0.574 e. The van der Waals surface area contributed by atoms with E-state index in [-0.39, 0.29) is 6.29 Å². The highest BCUT2D eigenvalue weighted by atomic mass is 19.4. The van der Waals surface area contributed by atoms with Crippen LogP contribution >= 0.6 is 0 Å². The molecule has 0 saturated heterocycles. The van der Waals surface area contributed by atoms with E-state index in [0.29, 0.717) is 6.20 Å².